The molecule has 0 radical (unpaired) electrons. The smallest absolute Gasteiger partial charge is 0.377 e. The maximum Gasteiger partial charge on any atom is 0.416 e. The zero-order chi connectivity index (χ0) is 20.9. The lowest BCUT2D eigenvalue weighted by molar-refractivity contribution is -0.143. The van der Waals surface area contributed by atoms with Crippen molar-refractivity contribution in [2.24, 2.45) is 0 Å². The van der Waals surface area contributed by atoms with Crippen LogP contribution in [0.4, 0.5) is 37.7 Å². The summed E-state index contributed by atoms with van der Waals surface area (Å²) in [6.07, 6.45) is -10.0. The van der Waals surface area contributed by atoms with Crippen LogP contribution in [0.1, 0.15) is 35.3 Å². The highest BCUT2D eigenvalue weighted by molar-refractivity contribution is 6.08. The van der Waals surface area contributed by atoms with Gasteiger partial charge in [0, 0.05) is 17.6 Å². The summed E-state index contributed by atoms with van der Waals surface area (Å²) in [5, 5.41) is 3.19. The molecule has 1 aliphatic rings. The Hall–Kier alpha value is -2.71. The zero-order valence-corrected chi connectivity index (χ0v) is 14.9. The van der Waals surface area contributed by atoms with E-state index in [9.17, 15) is 31.1 Å². The van der Waals surface area contributed by atoms with Crippen molar-refractivity contribution < 1.29 is 31.1 Å². The molecule has 0 unspecified atom stereocenters. The lowest BCUT2D eigenvalue weighted by Crippen LogP contribution is -2.50. The molecule has 2 aromatic carbocycles. The Balaban J connectivity index is 2.12. The number of carbonyl (C=O) groups excluding carboxylic acids is 1. The van der Waals surface area contributed by atoms with Crippen LogP contribution in [-0.2, 0) is 12.4 Å². The van der Waals surface area contributed by atoms with E-state index in [4.69, 9.17) is 0 Å². The van der Waals surface area contributed by atoms with Crippen LogP contribution in [0.15, 0.2) is 42.5 Å². The van der Waals surface area contributed by atoms with Crippen LogP contribution in [-0.4, -0.2) is 18.0 Å². The molecule has 0 aromatic heterocycles. The van der Waals surface area contributed by atoms with Gasteiger partial charge in [0.2, 0.25) is 0 Å². The highest BCUT2D eigenvalue weighted by Gasteiger charge is 2.39. The van der Waals surface area contributed by atoms with Gasteiger partial charge in [0.25, 0.3) is 5.91 Å². The first-order valence-corrected chi connectivity index (χ1v) is 8.26. The summed E-state index contributed by atoms with van der Waals surface area (Å²) in [6.45, 7) is 3.62. The van der Waals surface area contributed by atoms with Crippen molar-refractivity contribution >= 4 is 17.3 Å². The molecule has 0 fully saturated rings. The molecule has 1 aliphatic heterocycles. The second-order valence-corrected chi connectivity index (χ2v) is 7.21. The number of halogens is 6. The number of alkyl halides is 6. The van der Waals surface area contributed by atoms with Crippen LogP contribution in [0, 0.1) is 0 Å². The van der Waals surface area contributed by atoms with E-state index in [0.29, 0.717) is 23.5 Å². The highest BCUT2D eigenvalue weighted by atomic mass is 19.4. The minimum Gasteiger partial charge on any atom is -0.377 e. The third kappa shape index (κ3) is 3.93. The van der Waals surface area contributed by atoms with E-state index in [1.165, 1.54) is 4.90 Å². The molecular formula is C19H16F6N2O. The number of fused-ring (bicyclic) bond motifs is 1. The Labute approximate surface area is 157 Å². The Morgan fingerprint density at radius 3 is 2.04 bits per heavy atom. The minimum atomic E-state index is -5.02. The van der Waals surface area contributed by atoms with Crippen LogP contribution in [0.2, 0.25) is 0 Å². The zero-order valence-electron chi connectivity index (χ0n) is 14.9. The summed E-state index contributed by atoms with van der Waals surface area (Å²) in [6, 6.07) is 7.52. The largest absolute Gasteiger partial charge is 0.416 e. The van der Waals surface area contributed by atoms with Crippen LogP contribution in [0.5, 0.6) is 0 Å². The first-order valence-electron chi connectivity index (χ1n) is 8.26. The van der Waals surface area contributed by atoms with Crippen molar-refractivity contribution in [3.05, 3.63) is 59.2 Å². The summed E-state index contributed by atoms with van der Waals surface area (Å²) >= 11 is 0. The van der Waals surface area contributed by atoms with E-state index in [-0.39, 0.29) is 12.6 Å². The number of para-hydroxylation sites is 2. The molecule has 0 bridgehead atoms. The molecule has 0 aliphatic carbocycles. The van der Waals surface area contributed by atoms with Crippen molar-refractivity contribution in [2.45, 2.75) is 31.7 Å². The van der Waals surface area contributed by atoms with Crippen LogP contribution < -0.4 is 10.2 Å². The average molecular weight is 402 g/mol. The lowest BCUT2D eigenvalue weighted by Gasteiger charge is -2.41. The molecule has 0 saturated carbocycles. The summed E-state index contributed by atoms with van der Waals surface area (Å²) in [4.78, 5) is 14.2. The predicted octanol–water partition coefficient (Wildman–Crippen LogP) is 5.58. The quantitative estimate of drug-likeness (QED) is 0.632. The predicted molar refractivity (Wildman–Crippen MR) is 92.3 cm³/mol. The van der Waals surface area contributed by atoms with Gasteiger partial charge in [-0.3, -0.25) is 4.79 Å². The van der Waals surface area contributed by atoms with Crippen LogP contribution >= 0.6 is 0 Å². The lowest BCUT2D eigenvalue weighted by atomic mass is 9.97. The molecule has 9 heteroatoms. The number of rotatable bonds is 1. The number of nitrogens with one attached hydrogen (secondary N) is 1. The van der Waals surface area contributed by atoms with E-state index in [1.54, 1.807) is 38.1 Å². The van der Waals surface area contributed by atoms with Crippen molar-refractivity contribution in [2.75, 3.05) is 16.8 Å². The third-order valence-electron chi connectivity index (χ3n) is 4.30. The van der Waals surface area contributed by atoms with E-state index in [1.807, 2.05) is 0 Å². The number of hydrogen-bond acceptors (Lipinski definition) is 2. The van der Waals surface area contributed by atoms with E-state index in [0.717, 1.165) is 0 Å². The second-order valence-electron chi connectivity index (χ2n) is 7.21. The standard InChI is InChI=1S/C19H16F6N2O/c1-17(2)10-27(15-6-4-3-5-14(15)26-17)16(28)11-7-12(18(20,21)22)9-13(8-11)19(23,24)25/h3-9,26H,10H2,1-2H3. The fourth-order valence-electron chi connectivity index (χ4n) is 3.11. The number of nitrogens with zero attached hydrogens (tertiary/aromatic N) is 1. The highest BCUT2D eigenvalue weighted by Crippen LogP contribution is 2.38. The van der Waals surface area contributed by atoms with E-state index in [2.05, 4.69) is 5.32 Å². The number of hydrogen-bond donors (Lipinski definition) is 1. The Bertz CT molecular complexity index is 885. The third-order valence-corrected chi connectivity index (χ3v) is 4.30. The molecule has 3 rings (SSSR count). The Morgan fingerprint density at radius 2 is 1.50 bits per heavy atom. The number of amides is 1. The maximum absolute atomic E-state index is 13.1. The van der Waals surface area contributed by atoms with Gasteiger partial charge in [0.15, 0.2) is 0 Å². The average Bonchev–Trinajstić information content (AvgIpc) is 2.57. The topological polar surface area (TPSA) is 32.3 Å². The second kappa shape index (κ2) is 6.42. The molecule has 0 saturated heterocycles. The number of anilines is 2. The molecule has 2 aromatic rings. The molecule has 28 heavy (non-hydrogen) atoms. The van der Waals surface area contributed by atoms with Gasteiger partial charge in [-0.2, -0.15) is 26.3 Å². The van der Waals surface area contributed by atoms with Gasteiger partial charge < -0.3 is 10.2 Å². The van der Waals surface area contributed by atoms with Gasteiger partial charge >= 0.3 is 12.4 Å². The van der Waals surface area contributed by atoms with Crippen molar-refractivity contribution in [1.29, 1.82) is 0 Å². The summed E-state index contributed by atoms with van der Waals surface area (Å²) in [7, 11) is 0. The summed E-state index contributed by atoms with van der Waals surface area (Å²) < 4.78 is 78.6. The fourth-order valence-corrected chi connectivity index (χ4v) is 3.11. The van der Waals surface area contributed by atoms with Gasteiger partial charge in [0.1, 0.15) is 0 Å². The normalized spacial score (nSPS) is 16.4. The van der Waals surface area contributed by atoms with Crippen molar-refractivity contribution in [3.8, 4) is 0 Å². The van der Waals surface area contributed by atoms with Crippen molar-refractivity contribution in [3.63, 3.8) is 0 Å². The van der Waals surface area contributed by atoms with E-state index >= 15 is 0 Å². The maximum atomic E-state index is 13.1. The number of carbonyl (C=O) groups is 1. The van der Waals surface area contributed by atoms with Crippen LogP contribution in [0.25, 0.3) is 0 Å². The van der Waals surface area contributed by atoms with Gasteiger partial charge in [-0.05, 0) is 44.2 Å². The first kappa shape index (κ1) is 20.0. The Morgan fingerprint density at radius 1 is 0.964 bits per heavy atom. The molecule has 0 atom stereocenters. The fraction of sp³-hybridized carbons (Fsp3) is 0.316. The van der Waals surface area contributed by atoms with E-state index < -0.39 is 40.5 Å². The van der Waals surface area contributed by atoms with Gasteiger partial charge in [0.05, 0.1) is 22.5 Å². The first-order chi connectivity index (χ1) is 12.8. The van der Waals surface area contributed by atoms with Gasteiger partial charge in [-0.25, -0.2) is 0 Å². The molecule has 1 heterocycles. The molecule has 0 spiro atoms. The Kier molecular flexibility index (Phi) is 4.60. The molecule has 1 N–H and O–H groups in total. The molecule has 150 valence electrons. The van der Waals surface area contributed by atoms with Crippen molar-refractivity contribution in [1.82, 2.24) is 0 Å². The summed E-state index contributed by atoms with van der Waals surface area (Å²) in [5.74, 6) is -0.932. The van der Waals surface area contributed by atoms with Gasteiger partial charge in [-0.15, -0.1) is 0 Å². The molecule has 1 amide bonds. The minimum absolute atomic E-state index is 0.00637. The monoisotopic (exact) mass is 402 g/mol. The van der Waals surface area contributed by atoms with Gasteiger partial charge in [-0.1, -0.05) is 12.1 Å². The summed E-state index contributed by atoms with van der Waals surface area (Å²) in [5.41, 5.74) is -3.39. The SMILES string of the molecule is CC1(C)CN(C(=O)c2cc(C(F)(F)F)cc(C(F)(F)F)c2)c2ccccc2N1. The molecular weight excluding hydrogens is 386 g/mol. The number of benzene rings is 2. The molecule has 3 nitrogen and oxygen atoms in total. The van der Waals surface area contributed by atoms with Crippen LogP contribution in [0.3, 0.4) is 0 Å².